The first-order valence-corrected chi connectivity index (χ1v) is 10.6. The van der Waals surface area contributed by atoms with Crippen molar-refractivity contribution in [1.29, 1.82) is 0 Å². The number of hydrogen-bond acceptors (Lipinski definition) is 5. The molecule has 1 fully saturated rings. The van der Waals surface area contributed by atoms with Gasteiger partial charge in [0, 0.05) is 42.8 Å². The summed E-state index contributed by atoms with van der Waals surface area (Å²) in [6, 6.07) is 21.7. The molecule has 0 spiro atoms. The summed E-state index contributed by atoms with van der Waals surface area (Å²) in [5.41, 5.74) is 2.10. The van der Waals surface area contributed by atoms with Crippen LogP contribution >= 0.6 is 11.6 Å². The van der Waals surface area contributed by atoms with Crippen LogP contribution in [0.15, 0.2) is 72.8 Å². The molecule has 1 aliphatic heterocycles. The molecule has 1 aliphatic rings. The number of hydrogen-bond donors (Lipinski definition) is 0. The lowest BCUT2D eigenvalue weighted by Crippen LogP contribution is -2.49. The number of nitro benzene ring substituents is 1. The number of benzene rings is 3. The lowest BCUT2D eigenvalue weighted by Gasteiger charge is -2.35. The van der Waals surface area contributed by atoms with E-state index in [1.54, 1.807) is 35.2 Å². The smallest absolute Gasteiger partial charge is 0.294 e. The second kappa shape index (κ2) is 9.70. The van der Waals surface area contributed by atoms with Crippen molar-refractivity contribution in [3.8, 4) is 5.75 Å². The summed E-state index contributed by atoms with van der Waals surface area (Å²) in [5, 5.41) is 11.7. The molecule has 3 aromatic rings. The van der Waals surface area contributed by atoms with Crippen LogP contribution in [0.1, 0.15) is 15.9 Å². The molecule has 164 valence electrons. The highest BCUT2D eigenvalue weighted by atomic mass is 35.5. The predicted molar refractivity (Wildman–Crippen MR) is 123 cm³/mol. The van der Waals surface area contributed by atoms with E-state index in [-0.39, 0.29) is 11.6 Å². The van der Waals surface area contributed by atoms with Crippen molar-refractivity contribution in [3.63, 3.8) is 0 Å². The lowest BCUT2D eigenvalue weighted by atomic mass is 10.1. The van der Waals surface area contributed by atoms with E-state index < -0.39 is 4.92 Å². The number of rotatable bonds is 6. The zero-order chi connectivity index (χ0) is 22.5. The van der Waals surface area contributed by atoms with Crippen LogP contribution in [0.2, 0.25) is 5.02 Å². The molecular weight excluding hydrogens is 430 g/mol. The minimum absolute atomic E-state index is 0.0273. The van der Waals surface area contributed by atoms with Gasteiger partial charge < -0.3 is 14.5 Å². The average Bonchev–Trinajstić information content (AvgIpc) is 2.83. The SMILES string of the molecule is O=C(c1cccc(OCc2ccccc2)c1)N1CCN(c2ccc(Cl)cc2[N+](=O)[O-])CC1. The van der Waals surface area contributed by atoms with Gasteiger partial charge in [0.2, 0.25) is 0 Å². The number of amides is 1. The fourth-order valence-corrected chi connectivity index (χ4v) is 3.87. The van der Waals surface area contributed by atoms with E-state index in [2.05, 4.69) is 0 Å². The van der Waals surface area contributed by atoms with E-state index in [0.29, 0.717) is 54.8 Å². The summed E-state index contributed by atoms with van der Waals surface area (Å²) in [6.45, 7) is 2.36. The van der Waals surface area contributed by atoms with Crippen LogP contribution in [0, 0.1) is 10.1 Å². The summed E-state index contributed by atoms with van der Waals surface area (Å²) in [5.74, 6) is 0.551. The number of ether oxygens (including phenoxy) is 1. The summed E-state index contributed by atoms with van der Waals surface area (Å²) in [4.78, 5) is 27.7. The van der Waals surface area contributed by atoms with Gasteiger partial charge in [0.05, 0.1) is 4.92 Å². The lowest BCUT2D eigenvalue weighted by molar-refractivity contribution is -0.384. The molecule has 1 heterocycles. The zero-order valence-corrected chi connectivity index (χ0v) is 18.1. The zero-order valence-electron chi connectivity index (χ0n) is 17.3. The van der Waals surface area contributed by atoms with Crippen LogP contribution in [0.3, 0.4) is 0 Å². The summed E-state index contributed by atoms with van der Waals surface area (Å²) in [7, 11) is 0. The van der Waals surface area contributed by atoms with Crippen molar-refractivity contribution in [3.05, 3.63) is 99.1 Å². The van der Waals surface area contributed by atoms with Gasteiger partial charge in [-0.3, -0.25) is 14.9 Å². The van der Waals surface area contributed by atoms with E-state index in [1.807, 2.05) is 41.3 Å². The average molecular weight is 452 g/mol. The van der Waals surface area contributed by atoms with Crippen LogP contribution in [0.4, 0.5) is 11.4 Å². The fourth-order valence-electron chi connectivity index (χ4n) is 3.70. The first-order chi connectivity index (χ1) is 15.5. The van der Waals surface area contributed by atoms with Crippen molar-refractivity contribution in [2.24, 2.45) is 0 Å². The van der Waals surface area contributed by atoms with Gasteiger partial charge in [-0.25, -0.2) is 0 Å². The van der Waals surface area contributed by atoms with Crippen molar-refractivity contribution < 1.29 is 14.5 Å². The molecule has 4 rings (SSSR count). The van der Waals surface area contributed by atoms with Crippen molar-refractivity contribution in [2.45, 2.75) is 6.61 Å². The van der Waals surface area contributed by atoms with Crippen molar-refractivity contribution >= 4 is 28.9 Å². The number of halogens is 1. The molecule has 32 heavy (non-hydrogen) atoms. The number of nitrogens with zero attached hydrogens (tertiary/aromatic N) is 3. The van der Waals surface area contributed by atoms with Gasteiger partial charge in [0.25, 0.3) is 11.6 Å². The van der Waals surface area contributed by atoms with Gasteiger partial charge in [-0.05, 0) is 35.9 Å². The van der Waals surface area contributed by atoms with Gasteiger partial charge in [0.1, 0.15) is 18.0 Å². The summed E-state index contributed by atoms with van der Waals surface area (Å²) >= 11 is 5.92. The first kappa shape index (κ1) is 21.6. The molecule has 0 radical (unpaired) electrons. The Morgan fingerprint density at radius 3 is 2.44 bits per heavy atom. The summed E-state index contributed by atoms with van der Waals surface area (Å²) < 4.78 is 5.84. The number of nitro groups is 1. The normalized spacial score (nSPS) is 13.7. The van der Waals surface area contributed by atoms with E-state index >= 15 is 0 Å². The van der Waals surface area contributed by atoms with Crippen molar-refractivity contribution in [2.75, 3.05) is 31.1 Å². The van der Waals surface area contributed by atoms with Crippen LogP contribution in [0.5, 0.6) is 5.75 Å². The Balaban J connectivity index is 1.39. The molecule has 0 aliphatic carbocycles. The first-order valence-electron chi connectivity index (χ1n) is 10.3. The number of piperazine rings is 1. The van der Waals surface area contributed by atoms with Crippen LogP contribution in [-0.4, -0.2) is 41.9 Å². The molecule has 0 N–H and O–H groups in total. The monoisotopic (exact) mass is 451 g/mol. The van der Waals surface area contributed by atoms with Gasteiger partial charge in [-0.2, -0.15) is 0 Å². The quantitative estimate of drug-likeness (QED) is 0.398. The molecule has 1 saturated heterocycles. The standard InChI is InChI=1S/C24H22ClN3O4/c25-20-9-10-22(23(16-20)28(30)31)26-11-13-27(14-12-26)24(29)19-7-4-8-21(15-19)32-17-18-5-2-1-3-6-18/h1-10,15-16H,11-14,17H2. The molecule has 0 bridgehead atoms. The number of carbonyl (C=O) groups excluding carboxylic acids is 1. The third-order valence-corrected chi connectivity index (χ3v) is 5.61. The highest BCUT2D eigenvalue weighted by Gasteiger charge is 2.26. The molecule has 7 nitrogen and oxygen atoms in total. The fraction of sp³-hybridized carbons (Fsp3) is 0.208. The minimum atomic E-state index is -0.431. The predicted octanol–water partition coefficient (Wildman–Crippen LogP) is 4.79. The maximum atomic E-state index is 13.0. The highest BCUT2D eigenvalue weighted by Crippen LogP contribution is 2.31. The summed E-state index contributed by atoms with van der Waals surface area (Å²) in [6.07, 6.45) is 0. The second-order valence-corrected chi connectivity index (χ2v) is 7.91. The van der Waals surface area contributed by atoms with Gasteiger partial charge >= 0.3 is 0 Å². The van der Waals surface area contributed by atoms with E-state index in [0.717, 1.165) is 5.56 Å². The van der Waals surface area contributed by atoms with Crippen LogP contribution < -0.4 is 9.64 Å². The Labute approximate surface area is 190 Å². The van der Waals surface area contributed by atoms with E-state index in [9.17, 15) is 14.9 Å². The Morgan fingerprint density at radius 2 is 1.72 bits per heavy atom. The molecule has 1 amide bonds. The van der Waals surface area contributed by atoms with Gasteiger partial charge in [-0.1, -0.05) is 48.0 Å². The maximum absolute atomic E-state index is 13.0. The van der Waals surface area contributed by atoms with Gasteiger partial charge in [-0.15, -0.1) is 0 Å². The molecule has 0 atom stereocenters. The molecule has 0 saturated carbocycles. The molecule has 3 aromatic carbocycles. The molecular formula is C24H22ClN3O4. The van der Waals surface area contributed by atoms with E-state index in [1.165, 1.54) is 6.07 Å². The topological polar surface area (TPSA) is 75.9 Å². The van der Waals surface area contributed by atoms with Crippen LogP contribution in [0.25, 0.3) is 0 Å². The largest absolute Gasteiger partial charge is 0.489 e. The van der Waals surface area contributed by atoms with Crippen LogP contribution in [-0.2, 0) is 6.61 Å². The van der Waals surface area contributed by atoms with Gasteiger partial charge in [0.15, 0.2) is 0 Å². The Kier molecular flexibility index (Phi) is 6.56. The van der Waals surface area contributed by atoms with Crippen molar-refractivity contribution in [1.82, 2.24) is 4.90 Å². The molecule has 0 aromatic heterocycles. The Hall–Kier alpha value is -3.58. The highest BCUT2D eigenvalue weighted by molar-refractivity contribution is 6.30. The molecule has 0 unspecified atom stereocenters. The third kappa shape index (κ3) is 5.00. The third-order valence-electron chi connectivity index (χ3n) is 5.37. The number of anilines is 1. The Morgan fingerprint density at radius 1 is 0.969 bits per heavy atom. The maximum Gasteiger partial charge on any atom is 0.294 e. The minimum Gasteiger partial charge on any atom is -0.489 e. The second-order valence-electron chi connectivity index (χ2n) is 7.47. The number of carbonyl (C=O) groups is 1. The Bertz CT molecular complexity index is 1120. The molecule has 8 heteroatoms. The van der Waals surface area contributed by atoms with E-state index in [4.69, 9.17) is 16.3 Å².